The largest absolute Gasteiger partial charge is 0.301 e. The molecule has 0 fully saturated rings. The highest BCUT2D eigenvalue weighted by Crippen LogP contribution is 2.65. The van der Waals surface area contributed by atoms with Crippen LogP contribution in [0, 0.1) is 27.7 Å². The van der Waals surface area contributed by atoms with Crippen LogP contribution in [0.2, 0.25) is 20.1 Å². The number of Topliss-reactive ketones (excluding diaryl/α,β-unsaturated/α-hetero) is 2. The molecule has 6 aromatic rings. The van der Waals surface area contributed by atoms with Gasteiger partial charge in [0.1, 0.15) is 5.00 Å². The van der Waals surface area contributed by atoms with Crippen LogP contribution in [0.3, 0.4) is 0 Å². The van der Waals surface area contributed by atoms with Gasteiger partial charge in [-0.05, 0) is 84.8 Å². The number of ketones is 2. The maximum absolute atomic E-state index is 14.0. The van der Waals surface area contributed by atoms with Crippen molar-refractivity contribution in [1.82, 2.24) is 0 Å². The summed E-state index contributed by atoms with van der Waals surface area (Å²) >= 11 is 27.3. The molecule has 0 saturated carbocycles. The summed E-state index contributed by atoms with van der Waals surface area (Å²) in [6, 6.07) is 30.6. The molecule has 1 spiro atoms. The van der Waals surface area contributed by atoms with Gasteiger partial charge < -0.3 is 4.90 Å². The van der Waals surface area contributed by atoms with Crippen molar-refractivity contribution in [3.63, 3.8) is 0 Å². The first-order chi connectivity index (χ1) is 24.4. The Labute approximate surface area is 319 Å². The summed E-state index contributed by atoms with van der Waals surface area (Å²) in [5.74, 6) is -1.06. The fraction of sp³-hybridized carbons (Fsp3) is 0.116. The summed E-state index contributed by atoms with van der Waals surface area (Å²) in [6.07, 6.45) is 1.67. The summed E-state index contributed by atoms with van der Waals surface area (Å²) in [4.78, 5) is 31.0. The molecule has 1 aliphatic heterocycles. The Morgan fingerprint density at radius 3 is 1.73 bits per heavy atom. The average molecular weight is 764 g/mol. The van der Waals surface area contributed by atoms with Gasteiger partial charge in [0.25, 0.3) is 0 Å². The zero-order chi connectivity index (χ0) is 35.7. The number of hydrogen-bond donors (Lipinski definition) is 0. The molecule has 2 heterocycles. The van der Waals surface area contributed by atoms with E-state index in [0.29, 0.717) is 0 Å². The molecule has 5 aromatic carbocycles. The van der Waals surface area contributed by atoms with Crippen molar-refractivity contribution < 1.29 is 9.59 Å². The first kappa shape index (κ1) is 32.7. The van der Waals surface area contributed by atoms with Crippen molar-refractivity contribution >= 4 is 91.8 Å². The molecule has 0 atom stereocenters. The number of aryl methyl sites for hydroxylation is 4. The van der Waals surface area contributed by atoms with Crippen molar-refractivity contribution in [2.24, 2.45) is 0 Å². The second-order valence-electron chi connectivity index (χ2n) is 13.5. The molecule has 3 nitrogen and oxygen atoms in total. The van der Waals surface area contributed by atoms with E-state index in [9.17, 15) is 9.59 Å². The SMILES string of the molecule is Cc1cc(C)c(N2c3ccc(C)cc3C3(c4ccccc4-c4ccccc43)c3cc(C=C4C(=O)c5c(Cl)c(Cl)c(Cl)c(Cl)c5C4=O)sc32)c(C)c1. The molecule has 0 bridgehead atoms. The zero-order valence-electron chi connectivity index (χ0n) is 27.8. The molecule has 2 aliphatic carbocycles. The predicted molar refractivity (Wildman–Crippen MR) is 212 cm³/mol. The minimum atomic E-state index is -0.666. The summed E-state index contributed by atoms with van der Waals surface area (Å²) in [7, 11) is 0. The Balaban J connectivity index is 1.38. The molecule has 0 unspecified atom stereocenters. The van der Waals surface area contributed by atoms with E-state index < -0.39 is 17.0 Å². The van der Waals surface area contributed by atoms with Crippen LogP contribution in [-0.4, -0.2) is 11.6 Å². The molecular weight excluding hydrogens is 736 g/mol. The number of rotatable bonds is 2. The topological polar surface area (TPSA) is 37.4 Å². The lowest BCUT2D eigenvalue weighted by molar-refractivity contribution is 0.0990. The number of carbonyl (C=O) groups excluding carboxylic acids is 2. The van der Waals surface area contributed by atoms with Crippen LogP contribution >= 0.6 is 57.7 Å². The normalized spacial score (nSPS) is 14.8. The monoisotopic (exact) mass is 761 g/mol. The van der Waals surface area contributed by atoms with Crippen LogP contribution in [0.4, 0.5) is 16.4 Å². The molecule has 9 rings (SSSR count). The van der Waals surface area contributed by atoms with Crippen LogP contribution in [0.5, 0.6) is 0 Å². The number of allylic oxidation sites excluding steroid dienone is 1. The first-order valence-electron chi connectivity index (χ1n) is 16.4. The van der Waals surface area contributed by atoms with Crippen LogP contribution in [0.1, 0.15) is 70.1 Å². The summed E-state index contributed by atoms with van der Waals surface area (Å²) in [5, 5.41) is 0.757. The van der Waals surface area contributed by atoms with E-state index in [1.54, 1.807) is 17.4 Å². The standard InChI is InChI=1S/C43H27Cl4NO2S/c1-20-13-14-32-30(17-20)43(28-11-7-5-9-25(28)26-10-6-8-12-29(26)43)31-19-24(51-42(31)48(32)39-22(3)15-21(2)16-23(39)4)18-27-40(49)33-34(41(27)50)36(45)38(47)37(46)35(33)44/h5-19H,1-4H3. The fourth-order valence-corrected chi connectivity index (χ4v) is 10.8. The van der Waals surface area contributed by atoms with Gasteiger partial charge in [-0.25, -0.2) is 0 Å². The second kappa shape index (κ2) is 11.4. The highest BCUT2D eigenvalue weighted by molar-refractivity contribution is 7.17. The maximum Gasteiger partial charge on any atom is 0.199 e. The van der Waals surface area contributed by atoms with Gasteiger partial charge in [0.05, 0.1) is 53.6 Å². The third-order valence-corrected chi connectivity index (χ3v) is 13.3. The van der Waals surface area contributed by atoms with E-state index in [1.807, 2.05) is 0 Å². The number of thiophene rings is 1. The van der Waals surface area contributed by atoms with Gasteiger partial charge in [-0.1, -0.05) is 130 Å². The Morgan fingerprint density at radius 2 is 1.16 bits per heavy atom. The number of anilines is 3. The maximum atomic E-state index is 14.0. The number of hydrogen-bond acceptors (Lipinski definition) is 4. The van der Waals surface area contributed by atoms with E-state index in [4.69, 9.17) is 46.4 Å². The number of fused-ring (bicyclic) bond motifs is 10. The molecule has 1 aromatic heterocycles. The van der Waals surface area contributed by atoms with Crippen molar-refractivity contribution in [3.05, 3.63) is 171 Å². The van der Waals surface area contributed by atoms with Crippen molar-refractivity contribution in [2.75, 3.05) is 4.90 Å². The van der Waals surface area contributed by atoms with E-state index in [-0.39, 0.29) is 36.8 Å². The molecular formula is C43H27Cl4NO2S. The van der Waals surface area contributed by atoms with E-state index in [2.05, 4.69) is 118 Å². The Kier molecular flexibility index (Phi) is 7.33. The first-order valence-corrected chi connectivity index (χ1v) is 18.8. The highest BCUT2D eigenvalue weighted by atomic mass is 35.5. The van der Waals surface area contributed by atoms with Gasteiger partial charge >= 0.3 is 0 Å². The van der Waals surface area contributed by atoms with Crippen molar-refractivity contribution in [1.29, 1.82) is 0 Å². The van der Waals surface area contributed by atoms with E-state index in [0.717, 1.165) is 43.5 Å². The van der Waals surface area contributed by atoms with Gasteiger partial charge in [-0.3, -0.25) is 9.59 Å². The summed E-state index contributed by atoms with van der Waals surface area (Å²) in [5.41, 5.74) is 13.1. The Hall–Kier alpha value is -4.16. The van der Waals surface area contributed by atoms with Crippen molar-refractivity contribution in [3.8, 4) is 11.1 Å². The summed E-state index contributed by atoms with van der Waals surface area (Å²) in [6.45, 7) is 8.56. The number of carbonyl (C=O) groups is 2. The van der Waals surface area contributed by atoms with Gasteiger partial charge in [0.2, 0.25) is 0 Å². The fourth-order valence-electron chi connectivity index (χ4n) is 8.57. The lowest BCUT2D eigenvalue weighted by Gasteiger charge is -2.44. The highest BCUT2D eigenvalue weighted by Gasteiger charge is 2.53. The molecule has 3 aliphatic rings. The smallest absolute Gasteiger partial charge is 0.199 e. The third kappa shape index (κ3) is 4.32. The molecule has 0 amide bonds. The molecule has 51 heavy (non-hydrogen) atoms. The van der Waals surface area contributed by atoms with Gasteiger partial charge in [0.15, 0.2) is 11.6 Å². The number of benzene rings is 5. The quantitative estimate of drug-likeness (QED) is 0.0762. The lowest BCUT2D eigenvalue weighted by Crippen LogP contribution is -2.35. The minimum Gasteiger partial charge on any atom is -0.301 e. The Bertz CT molecular complexity index is 2520. The van der Waals surface area contributed by atoms with Gasteiger partial charge in [-0.15, -0.1) is 11.3 Å². The lowest BCUT2D eigenvalue weighted by atomic mass is 9.65. The summed E-state index contributed by atoms with van der Waals surface area (Å²) < 4.78 is 0. The van der Waals surface area contributed by atoms with E-state index >= 15 is 0 Å². The van der Waals surface area contributed by atoms with Crippen LogP contribution in [-0.2, 0) is 5.41 Å². The number of nitrogens with zero attached hydrogens (tertiary/aromatic N) is 1. The van der Waals surface area contributed by atoms with Crippen LogP contribution < -0.4 is 4.90 Å². The number of halogens is 4. The van der Waals surface area contributed by atoms with Crippen LogP contribution in [0.25, 0.3) is 17.2 Å². The third-order valence-electron chi connectivity index (χ3n) is 10.4. The second-order valence-corrected chi connectivity index (χ2v) is 16.1. The van der Waals surface area contributed by atoms with E-state index in [1.165, 1.54) is 33.4 Å². The average Bonchev–Trinajstić information content (AvgIpc) is 3.74. The molecule has 250 valence electrons. The molecule has 8 heteroatoms. The minimum absolute atomic E-state index is 0.0147. The van der Waals surface area contributed by atoms with Gasteiger partial charge in [-0.2, -0.15) is 0 Å². The van der Waals surface area contributed by atoms with Crippen molar-refractivity contribution in [2.45, 2.75) is 33.1 Å². The van der Waals surface area contributed by atoms with Gasteiger partial charge in [0, 0.05) is 10.4 Å². The molecule has 0 saturated heterocycles. The Morgan fingerprint density at radius 1 is 0.608 bits per heavy atom. The molecule has 0 radical (unpaired) electrons. The zero-order valence-corrected chi connectivity index (χ0v) is 31.7. The van der Waals surface area contributed by atoms with Crippen LogP contribution in [0.15, 0.2) is 90.5 Å². The predicted octanol–water partition coefficient (Wildman–Crippen LogP) is 13.2. The molecule has 0 N–H and O–H groups in total.